The van der Waals surface area contributed by atoms with Crippen LogP contribution in [-0.4, -0.2) is 63.9 Å². The number of aliphatic imine (C=N–C) groups is 1. The molecule has 1 unspecified atom stereocenters. The Morgan fingerprint density at radius 1 is 0.933 bits per heavy atom. The van der Waals surface area contributed by atoms with Gasteiger partial charge in [0, 0.05) is 35.1 Å². The van der Waals surface area contributed by atoms with Crippen molar-refractivity contribution in [3.05, 3.63) is 120 Å². The molecule has 0 bridgehead atoms. The van der Waals surface area contributed by atoms with E-state index in [0.717, 1.165) is 0 Å². The van der Waals surface area contributed by atoms with Gasteiger partial charge in [0.05, 0.1) is 11.4 Å². The molecule has 4 aromatic carbocycles. The fourth-order valence-corrected chi connectivity index (χ4v) is 4.90. The van der Waals surface area contributed by atoms with Gasteiger partial charge in [0.15, 0.2) is 0 Å². The van der Waals surface area contributed by atoms with Crippen LogP contribution < -0.4 is 20.4 Å². The number of carbonyl (C=O) groups excluding carboxylic acids is 3. The molecule has 1 aliphatic rings. The number of urea groups is 1. The van der Waals surface area contributed by atoms with Crippen LogP contribution in [0, 0.1) is 5.82 Å². The summed E-state index contributed by atoms with van der Waals surface area (Å²) < 4.78 is 15.2. The van der Waals surface area contributed by atoms with Crippen LogP contribution in [0.25, 0.3) is 11.4 Å². The van der Waals surface area contributed by atoms with Crippen molar-refractivity contribution in [2.75, 3.05) is 28.7 Å². The van der Waals surface area contributed by atoms with Crippen molar-refractivity contribution in [1.29, 1.82) is 0 Å². The maximum absolute atomic E-state index is 15.2. The van der Waals surface area contributed by atoms with E-state index in [0.29, 0.717) is 34.0 Å². The molecule has 13 heteroatoms. The summed E-state index contributed by atoms with van der Waals surface area (Å²) in [6, 6.07) is 27.8. The van der Waals surface area contributed by atoms with Crippen molar-refractivity contribution < 1.29 is 18.8 Å². The summed E-state index contributed by atoms with van der Waals surface area (Å²) in [6.45, 7) is -0.367. The van der Waals surface area contributed by atoms with E-state index >= 15 is 4.39 Å². The van der Waals surface area contributed by atoms with Gasteiger partial charge in [-0.25, -0.2) is 14.2 Å². The number of nitrogens with zero attached hydrogens (tertiary/aromatic N) is 6. The zero-order valence-electron chi connectivity index (χ0n) is 23.9. The van der Waals surface area contributed by atoms with Gasteiger partial charge in [-0.2, -0.15) is 5.21 Å². The zero-order chi connectivity index (χ0) is 31.3. The molecule has 3 N–H and O–H groups in total. The Morgan fingerprint density at radius 2 is 1.67 bits per heavy atom. The molecule has 1 aromatic heterocycles. The highest BCUT2D eigenvalue weighted by Crippen LogP contribution is 2.29. The van der Waals surface area contributed by atoms with Crippen molar-refractivity contribution in [1.82, 2.24) is 25.9 Å². The van der Waals surface area contributed by atoms with Gasteiger partial charge in [0.25, 0.3) is 5.91 Å². The van der Waals surface area contributed by atoms with Crippen LogP contribution in [-0.2, 0) is 9.59 Å². The third kappa shape index (κ3) is 6.13. The molecule has 5 aromatic rings. The molecule has 0 aliphatic carbocycles. The monoisotopic (exact) mass is 603 g/mol. The smallest absolute Gasteiger partial charge is 0.314 e. The SMILES string of the molecule is CN(C(=O)CN1C(=O)C(NC(=O)Nc2cccc(-c3nn[nH]n3)c2)N=C(c2ccccc2F)c2ccccc21)c1ccccc1. The van der Waals surface area contributed by atoms with Crippen molar-refractivity contribution in [2.24, 2.45) is 4.99 Å². The summed E-state index contributed by atoms with van der Waals surface area (Å²) in [7, 11) is 1.61. The molecule has 6 rings (SSSR count). The van der Waals surface area contributed by atoms with Crippen LogP contribution in [0.15, 0.2) is 108 Å². The molecule has 2 heterocycles. The van der Waals surface area contributed by atoms with E-state index < -0.39 is 23.9 Å². The second-order valence-corrected chi connectivity index (χ2v) is 10.0. The highest BCUT2D eigenvalue weighted by atomic mass is 19.1. The van der Waals surface area contributed by atoms with E-state index in [1.807, 2.05) is 6.07 Å². The van der Waals surface area contributed by atoms with Crippen molar-refractivity contribution in [3.8, 4) is 11.4 Å². The van der Waals surface area contributed by atoms with E-state index in [4.69, 9.17) is 0 Å². The number of benzene rings is 4. The molecule has 0 spiro atoms. The van der Waals surface area contributed by atoms with Gasteiger partial charge < -0.3 is 15.5 Å². The van der Waals surface area contributed by atoms with E-state index in [1.165, 1.54) is 15.9 Å². The Morgan fingerprint density at radius 3 is 2.42 bits per heavy atom. The fraction of sp³-hybridized carbons (Fsp3) is 0.0938. The number of aromatic nitrogens is 4. The van der Waals surface area contributed by atoms with Crippen LogP contribution in [0.3, 0.4) is 0 Å². The zero-order valence-corrected chi connectivity index (χ0v) is 23.9. The Bertz CT molecular complexity index is 1900. The van der Waals surface area contributed by atoms with E-state index in [2.05, 4.69) is 36.3 Å². The molecule has 0 fully saturated rings. The summed E-state index contributed by atoms with van der Waals surface area (Å²) >= 11 is 0. The van der Waals surface area contributed by atoms with E-state index in [1.54, 1.807) is 98.0 Å². The van der Waals surface area contributed by atoms with Crippen LogP contribution in [0.1, 0.15) is 11.1 Å². The number of para-hydroxylation sites is 2. The van der Waals surface area contributed by atoms with E-state index in [-0.39, 0.29) is 23.7 Å². The maximum Gasteiger partial charge on any atom is 0.321 e. The van der Waals surface area contributed by atoms with Crippen LogP contribution in [0.2, 0.25) is 0 Å². The summed E-state index contributed by atoms with van der Waals surface area (Å²) in [4.78, 5) is 48.2. The number of tetrazole rings is 1. The predicted molar refractivity (Wildman–Crippen MR) is 166 cm³/mol. The predicted octanol–water partition coefficient (Wildman–Crippen LogP) is 4.00. The Hall–Kier alpha value is -6.24. The molecule has 1 atom stereocenters. The lowest BCUT2D eigenvalue weighted by molar-refractivity contribution is -0.123. The average molecular weight is 604 g/mol. The van der Waals surface area contributed by atoms with Crippen molar-refractivity contribution >= 4 is 40.6 Å². The first-order chi connectivity index (χ1) is 21.9. The highest BCUT2D eigenvalue weighted by molar-refractivity contribution is 6.21. The van der Waals surface area contributed by atoms with Gasteiger partial charge in [-0.15, -0.1) is 10.2 Å². The lowest BCUT2D eigenvalue weighted by atomic mass is 9.99. The minimum absolute atomic E-state index is 0.132. The molecule has 0 saturated carbocycles. The highest BCUT2D eigenvalue weighted by Gasteiger charge is 2.35. The number of hydrogen-bond donors (Lipinski definition) is 3. The number of likely N-dealkylation sites (N-methyl/N-ethyl adjacent to an activating group) is 1. The number of hydrogen-bond acceptors (Lipinski definition) is 7. The Kier molecular flexibility index (Phi) is 8.05. The number of halogens is 1. The first kappa shape index (κ1) is 28.9. The normalized spacial score (nSPS) is 14.2. The number of H-pyrrole nitrogens is 1. The van der Waals surface area contributed by atoms with Gasteiger partial charge in [0.2, 0.25) is 17.9 Å². The number of fused-ring (bicyclic) bond motifs is 1. The number of carbonyl (C=O) groups is 3. The van der Waals surface area contributed by atoms with E-state index in [9.17, 15) is 14.4 Å². The fourth-order valence-electron chi connectivity index (χ4n) is 4.90. The average Bonchev–Trinajstić information content (AvgIpc) is 3.58. The standard InChI is InChI=1S/C32H26FN9O3/c1-41(22-12-3-2-4-13-22)27(43)19-42-26-17-8-6-15-24(26)28(23-14-5-7-16-25(23)33)35-30(31(42)44)36-32(45)34-21-11-9-10-20(18-21)29-37-39-40-38-29/h2-18,30H,19H2,1H3,(H2,34,36,45)(H,37,38,39,40). The van der Waals surface area contributed by atoms with Crippen molar-refractivity contribution in [2.45, 2.75) is 6.17 Å². The first-order valence-corrected chi connectivity index (χ1v) is 13.9. The number of amides is 4. The third-order valence-corrected chi connectivity index (χ3v) is 7.14. The third-order valence-electron chi connectivity index (χ3n) is 7.14. The van der Waals surface area contributed by atoms with Crippen LogP contribution in [0.5, 0.6) is 0 Å². The van der Waals surface area contributed by atoms with Gasteiger partial charge in [-0.1, -0.05) is 60.7 Å². The second kappa shape index (κ2) is 12.6. The molecular formula is C32H26FN9O3. The molecule has 12 nitrogen and oxygen atoms in total. The number of anilines is 3. The van der Waals surface area contributed by atoms with Crippen LogP contribution in [0.4, 0.5) is 26.2 Å². The summed E-state index contributed by atoms with van der Waals surface area (Å²) in [6.07, 6.45) is -1.51. The lowest BCUT2D eigenvalue weighted by Gasteiger charge is -2.27. The summed E-state index contributed by atoms with van der Waals surface area (Å²) in [5.74, 6) is -1.30. The molecule has 0 radical (unpaired) electrons. The summed E-state index contributed by atoms with van der Waals surface area (Å²) in [5.41, 5.74) is 2.66. The maximum atomic E-state index is 15.2. The molecule has 0 saturated heterocycles. The molecular weight excluding hydrogens is 577 g/mol. The van der Waals surface area contributed by atoms with Crippen molar-refractivity contribution in [3.63, 3.8) is 0 Å². The number of aromatic amines is 1. The minimum Gasteiger partial charge on any atom is -0.314 e. The second-order valence-electron chi connectivity index (χ2n) is 10.0. The molecule has 45 heavy (non-hydrogen) atoms. The lowest BCUT2D eigenvalue weighted by Crippen LogP contribution is -2.51. The van der Waals surface area contributed by atoms with Crippen LogP contribution >= 0.6 is 0 Å². The van der Waals surface area contributed by atoms with Gasteiger partial charge in [-0.3, -0.25) is 14.5 Å². The quantitative estimate of drug-likeness (QED) is 0.256. The first-order valence-electron chi connectivity index (χ1n) is 13.9. The topological polar surface area (TPSA) is 149 Å². The molecule has 1 aliphatic heterocycles. The largest absolute Gasteiger partial charge is 0.321 e. The molecule has 4 amide bonds. The summed E-state index contributed by atoms with van der Waals surface area (Å²) in [5, 5.41) is 19.1. The molecule has 224 valence electrons. The van der Waals surface area contributed by atoms with Gasteiger partial charge in [0.1, 0.15) is 12.4 Å². The number of benzodiazepines with no additional fused rings is 1. The Balaban J connectivity index is 1.35. The number of rotatable bonds is 7. The van der Waals surface area contributed by atoms with Gasteiger partial charge in [-0.05, 0) is 47.7 Å². The minimum atomic E-state index is -1.51. The van der Waals surface area contributed by atoms with Gasteiger partial charge >= 0.3 is 6.03 Å². The Labute approximate surface area is 256 Å². The number of nitrogens with one attached hydrogen (secondary N) is 3.